The van der Waals surface area contributed by atoms with Crippen molar-refractivity contribution in [1.82, 2.24) is 10.6 Å². The number of aliphatic hydroxyl groups is 15. The molecule has 0 radical (unpaired) electrons. The molecule has 5 aliphatic heterocycles. The first-order valence-electron chi connectivity index (χ1n) is 19.6. The summed E-state index contributed by atoms with van der Waals surface area (Å²) in [6, 6.07) is -3.18. The predicted molar refractivity (Wildman–Crippen MR) is 190 cm³/mol. The molecule has 25 atom stereocenters. The summed E-state index contributed by atoms with van der Waals surface area (Å²) in [5.41, 5.74) is 0. The van der Waals surface area contributed by atoms with Gasteiger partial charge in [0.25, 0.3) is 0 Å². The molecule has 0 saturated carbocycles. The van der Waals surface area contributed by atoms with E-state index >= 15 is 0 Å². The minimum absolute atomic E-state index is 0.733. The van der Waals surface area contributed by atoms with Crippen LogP contribution in [0.3, 0.4) is 0 Å². The lowest BCUT2D eigenvalue weighted by Crippen LogP contribution is -2.69. The smallest absolute Gasteiger partial charge is 0.217 e. The highest BCUT2D eigenvalue weighted by Gasteiger charge is 2.55. The SMILES string of the molecule is CC(=O)N[C@H]1[C@H](OC[C@H]2O[C@H](O)[C@@H](O[C@@H]3O[C@H](CO)[C@@H](O[C@@H]4O[C@H](CO)[C@H](O)[C@H](O)[C@H]4O)[C@H](O)[C@H]3NC(C)=O)[C@@H](O)[C@@H]2O)O[C@H](CO)[C@@H](O[C@@H]2O[C@H](CO)[C@H](O)[C@H](O)[C@H]2O)[C@@H]1O. The van der Waals surface area contributed by atoms with Gasteiger partial charge in [-0.1, -0.05) is 0 Å². The van der Waals surface area contributed by atoms with Gasteiger partial charge in [-0.05, 0) is 0 Å². The monoisotopic (exact) mass is 910 g/mol. The Balaban J connectivity index is 1.25. The van der Waals surface area contributed by atoms with Crippen molar-refractivity contribution >= 4 is 11.8 Å². The van der Waals surface area contributed by atoms with E-state index in [1.165, 1.54) is 0 Å². The average Bonchev–Trinajstić information content (AvgIpc) is 3.23. The maximum Gasteiger partial charge on any atom is 0.217 e. The molecular formula is C34H58N2O26. The third-order valence-electron chi connectivity index (χ3n) is 11.1. The first-order valence-corrected chi connectivity index (χ1v) is 19.6. The van der Waals surface area contributed by atoms with Crippen molar-refractivity contribution in [3.8, 4) is 0 Å². The fraction of sp³-hybridized carbons (Fsp3) is 0.941. The molecular weight excluding hydrogens is 852 g/mol. The van der Waals surface area contributed by atoms with Gasteiger partial charge in [0.1, 0.15) is 122 Å². The molecule has 2 amide bonds. The Kier molecular flexibility index (Phi) is 18.1. The highest BCUT2D eigenvalue weighted by molar-refractivity contribution is 5.73. The van der Waals surface area contributed by atoms with E-state index in [4.69, 9.17) is 42.6 Å². The number of carbonyl (C=O) groups is 2. The van der Waals surface area contributed by atoms with Crippen molar-refractivity contribution in [1.29, 1.82) is 0 Å². The molecule has 0 spiro atoms. The Labute approximate surface area is 351 Å². The van der Waals surface area contributed by atoms with E-state index in [1.54, 1.807) is 0 Å². The van der Waals surface area contributed by atoms with E-state index in [9.17, 15) is 86.2 Å². The zero-order chi connectivity index (χ0) is 45.9. The van der Waals surface area contributed by atoms with Gasteiger partial charge in [0.05, 0.1) is 33.0 Å². The fourth-order valence-corrected chi connectivity index (χ4v) is 7.72. The van der Waals surface area contributed by atoms with Crippen molar-refractivity contribution < 1.29 is 129 Å². The molecule has 5 aliphatic rings. The quantitative estimate of drug-likeness (QED) is 0.0725. The first-order chi connectivity index (χ1) is 29.3. The number of hydrogen-bond donors (Lipinski definition) is 17. The van der Waals surface area contributed by atoms with Crippen LogP contribution in [-0.2, 0) is 52.2 Å². The summed E-state index contributed by atoms with van der Waals surface area (Å²) < 4.78 is 50.3. The normalized spacial score (nSPS) is 49.0. The van der Waals surface area contributed by atoms with Crippen molar-refractivity contribution in [3.05, 3.63) is 0 Å². The largest absolute Gasteiger partial charge is 0.394 e. The number of aliphatic hydroxyl groups excluding tert-OH is 15. The van der Waals surface area contributed by atoms with E-state index in [2.05, 4.69) is 10.6 Å². The molecule has 28 heteroatoms. The topological polar surface area (TPSA) is 445 Å². The van der Waals surface area contributed by atoms with Gasteiger partial charge in [0, 0.05) is 13.8 Å². The average molecular weight is 911 g/mol. The standard InChI is InChI=1S/C34H58N2O26/c1-8(41)35-15-20(46)27(60-33-25(51)22(48)17(43)10(3-37)56-33)12(5-39)58-31(15)54-7-14-19(45)24(50)29(30(53)55-14)62-32-16(36-9(2)42)21(47)28(13(6-40)59-32)61-34-26(52)23(49)18(44)11(4-38)57-34/h10-34,37-40,43-53H,3-7H2,1-2H3,(H,35,41)(H,36,42)/t10-,11-,12-,13-,14-,15-,16-,17+,18+,19-,20-,21-,22+,23+,24+,25-,26-,27-,28-,29+,30+,31-,32+,33+,34+/m1/s1. The van der Waals surface area contributed by atoms with Crippen LogP contribution in [0.2, 0.25) is 0 Å². The first kappa shape index (κ1) is 51.0. The van der Waals surface area contributed by atoms with Crippen molar-refractivity contribution in [2.24, 2.45) is 0 Å². The lowest BCUT2D eigenvalue weighted by molar-refractivity contribution is -0.372. The van der Waals surface area contributed by atoms with E-state index < -0.39 is 198 Å². The van der Waals surface area contributed by atoms with Crippen LogP contribution in [0.5, 0.6) is 0 Å². The number of nitrogens with one attached hydrogen (secondary N) is 2. The molecule has 28 nitrogen and oxygen atoms in total. The highest BCUT2D eigenvalue weighted by Crippen LogP contribution is 2.34. The molecule has 5 saturated heterocycles. The number of ether oxygens (including phenoxy) is 9. The van der Waals surface area contributed by atoms with Crippen molar-refractivity contribution in [2.75, 3.05) is 33.0 Å². The maximum absolute atomic E-state index is 12.2. The third kappa shape index (κ3) is 11.0. The Morgan fingerprint density at radius 1 is 0.419 bits per heavy atom. The van der Waals surface area contributed by atoms with E-state index in [0.717, 1.165) is 13.8 Å². The summed E-state index contributed by atoms with van der Waals surface area (Å²) in [6.07, 6.45) is -40.9. The number of hydrogen-bond acceptors (Lipinski definition) is 26. The molecule has 0 unspecified atom stereocenters. The summed E-state index contributed by atoms with van der Waals surface area (Å²) >= 11 is 0. The molecule has 5 heterocycles. The molecule has 0 aromatic carbocycles. The van der Waals surface area contributed by atoms with Crippen LogP contribution in [0, 0.1) is 0 Å². The second-order valence-electron chi connectivity index (χ2n) is 15.5. The second-order valence-corrected chi connectivity index (χ2v) is 15.5. The lowest BCUT2D eigenvalue weighted by Gasteiger charge is -2.49. The molecule has 0 bridgehead atoms. The zero-order valence-electron chi connectivity index (χ0n) is 33.2. The number of amides is 2. The van der Waals surface area contributed by atoms with Crippen molar-refractivity contribution in [2.45, 2.75) is 167 Å². The molecule has 5 rings (SSSR count). The van der Waals surface area contributed by atoms with Gasteiger partial charge < -0.3 is 130 Å². The van der Waals surface area contributed by atoms with Crippen LogP contribution in [-0.4, -0.2) is 275 Å². The number of carbonyl (C=O) groups excluding carboxylic acids is 2. The van der Waals surface area contributed by atoms with Crippen LogP contribution in [0.4, 0.5) is 0 Å². The lowest BCUT2D eigenvalue weighted by atomic mass is 9.94. The van der Waals surface area contributed by atoms with Crippen LogP contribution in [0.25, 0.3) is 0 Å². The summed E-state index contributed by atoms with van der Waals surface area (Å²) in [5.74, 6) is -1.51. The summed E-state index contributed by atoms with van der Waals surface area (Å²) in [7, 11) is 0. The van der Waals surface area contributed by atoms with Crippen molar-refractivity contribution in [3.63, 3.8) is 0 Å². The zero-order valence-corrected chi connectivity index (χ0v) is 33.2. The molecule has 62 heavy (non-hydrogen) atoms. The Morgan fingerprint density at radius 2 is 0.790 bits per heavy atom. The molecule has 17 N–H and O–H groups in total. The van der Waals surface area contributed by atoms with Gasteiger partial charge in [-0.15, -0.1) is 0 Å². The minimum Gasteiger partial charge on any atom is -0.394 e. The Bertz CT molecular complexity index is 1440. The van der Waals surface area contributed by atoms with Gasteiger partial charge in [0.15, 0.2) is 31.5 Å². The maximum atomic E-state index is 12.2. The van der Waals surface area contributed by atoms with Crippen LogP contribution in [0.15, 0.2) is 0 Å². The third-order valence-corrected chi connectivity index (χ3v) is 11.1. The Morgan fingerprint density at radius 3 is 1.21 bits per heavy atom. The summed E-state index contributed by atoms with van der Waals surface area (Å²) in [5, 5.41) is 162. The van der Waals surface area contributed by atoms with Gasteiger partial charge in [-0.2, -0.15) is 0 Å². The van der Waals surface area contributed by atoms with E-state index in [-0.39, 0.29) is 0 Å². The molecule has 360 valence electrons. The predicted octanol–water partition coefficient (Wildman–Crippen LogP) is -11.6. The van der Waals surface area contributed by atoms with E-state index in [0.29, 0.717) is 0 Å². The summed E-state index contributed by atoms with van der Waals surface area (Å²) in [4.78, 5) is 24.4. The van der Waals surface area contributed by atoms with Crippen LogP contribution in [0.1, 0.15) is 13.8 Å². The number of rotatable bonds is 15. The minimum atomic E-state index is -2.14. The van der Waals surface area contributed by atoms with Gasteiger partial charge in [0.2, 0.25) is 11.8 Å². The van der Waals surface area contributed by atoms with Gasteiger partial charge in [-0.3, -0.25) is 9.59 Å². The van der Waals surface area contributed by atoms with E-state index in [1.807, 2.05) is 0 Å². The summed E-state index contributed by atoms with van der Waals surface area (Å²) in [6.45, 7) is -2.10. The molecule has 0 aromatic heterocycles. The highest BCUT2D eigenvalue weighted by atomic mass is 16.8. The van der Waals surface area contributed by atoms with Gasteiger partial charge >= 0.3 is 0 Å². The van der Waals surface area contributed by atoms with Gasteiger partial charge in [-0.25, -0.2) is 0 Å². The van der Waals surface area contributed by atoms with Crippen LogP contribution >= 0.6 is 0 Å². The Hall–Kier alpha value is -2.02. The van der Waals surface area contributed by atoms with Crippen LogP contribution < -0.4 is 10.6 Å². The fourth-order valence-electron chi connectivity index (χ4n) is 7.72. The molecule has 0 aliphatic carbocycles. The second kappa shape index (κ2) is 22.0. The molecule has 5 fully saturated rings. The molecule has 0 aromatic rings.